The first-order valence-electron chi connectivity index (χ1n) is 7.76. The van der Waals surface area contributed by atoms with Crippen LogP contribution in [0, 0.1) is 0 Å². The monoisotopic (exact) mass is 260 g/mol. The first kappa shape index (κ1) is 14.5. The van der Waals surface area contributed by atoms with Gasteiger partial charge in [0.25, 0.3) is 0 Å². The second kappa shape index (κ2) is 7.06. The molecule has 0 bridgehead atoms. The fourth-order valence-corrected chi connectivity index (χ4v) is 3.16. The molecule has 0 aromatic heterocycles. The molecule has 2 nitrogen and oxygen atoms in total. The number of hydrogen-bond acceptors (Lipinski definition) is 2. The van der Waals surface area contributed by atoms with Crippen LogP contribution in [-0.2, 0) is 0 Å². The molecule has 1 aromatic carbocycles. The minimum atomic E-state index is 0.524. The van der Waals surface area contributed by atoms with E-state index in [4.69, 9.17) is 0 Å². The predicted octanol–water partition coefficient (Wildman–Crippen LogP) is 3.60. The maximum atomic E-state index is 3.62. The SMILES string of the molecule is CCC1CCCN1C(CNC(C)C)c1ccccc1. The molecule has 2 unspecified atom stereocenters. The van der Waals surface area contributed by atoms with Gasteiger partial charge in [0.15, 0.2) is 0 Å². The second-order valence-corrected chi connectivity index (χ2v) is 5.93. The molecule has 2 atom stereocenters. The maximum absolute atomic E-state index is 3.62. The summed E-state index contributed by atoms with van der Waals surface area (Å²) in [6.45, 7) is 9.07. The Labute approximate surface area is 118 Å². The Bertz CT molecular complexity index is 361. The van der Waals surface area contributed by atoms with Gasteiger partial charge in [0.2, 0.25) is 0 Å². The zero-order valence-corrected chi connectivity index (χ0v) is 12.6. The summed E-state index contributed by atoms with van der Waals surface area (Å²) in [6.07, 6.45) is 3.98. The Morgan fingerprint density at radius 2 is 2.00 bits per heavy atom. The highest BCUT2D eigenvalue weighted by Gasteiger charge is 2.30. The van der Waals surface area contributed by atoms with Crippen LogP contribution < -0.4 is 5.32 Å². The Morgan fingerprint density at radius 1 is 1.26 bits per heavy atom. The van der Waals surface area contributed by atoms with Gasteiger partial charge in [-0.25, -0.2) is 0 Å². The maximum Gasteiger partial charge on any atom is 0.0475 e. The average molecular weight is 260 g/mol. The third-order valence-electron chi connectivity index (χ3n) is 4.20. The van der Waals surface area contributed by atoms with E-state index < -0.39 is 0 Å². The van der Waals surface area contributed by atoms with Crippen molar-refractivity contribution in [3.63, 3.8) is 0 Å². The van der Waals surface area contributed by atoms with Crippen LogP contribution in [0.5, 0.6) is 0 Å². The second-order valence-electron chi connectivity index (χ2n) is 5.93. The molecule has 0 aliphatic carbocycles. The standard InChI is InChI=1S/C17H28N2/c1-4-16-11-8-12-19(16)17(13-18-14(2)3)15-9-6-5-7-10-15/h5-7,9-10,14,16-18H,4,8,11-13H2,1-3H3. The Morgan fingerprint density at radius 3 is 2.63 bits per heavy atom. The normalized spacial score (nSPS) is 22.0. The van der Waals surface area contributed by atoms with Crippen molar-refractivity contribution >= 4 is 0 Å². The van der Waals surface area contributed by atoms with Crippen LogP contribution in [0.15, 0.2) is 30.3 Å². The number of hydrogen-bond donors (Lipinski definition) is 1. The molecule has 0 radical (unpaired) electrons. The van der Waals surface area contributed by atoms with Gasteiger partial charge in [-0.1, -0.05) is 51.1 Å². The molecule has 1 aliphatic heterocycles. The van der Waals surface area contributed by atoms with Gasteiger partial charge in [0, 0.05) is 24.7 Å². The summed E-state index contributed by atoms with van der Waals surface area (Å²) >= 11 is 0. The summed E-state index contributed by atoms with van der Waals surface area (Å²) in [6, 6.07) is 12.8. The van der Waals surface area contributed by atoms with Crippen molar-refractivity contribution in [1.29, 1.82) is 0 Å². The molecular formula is C17H28N2. The van der Waals surface area contributed by atoms with Crippen molar-refractivity contribution in [2.24, 2.45) is 0 Å². The van der Waals surface area contributed by atoms with E-state index in [0.29, 0.717) is 12.1 Å². The van der Waals surface area contributed by atoms with Crippen molar-refractivity contribution in [2.45, 2.75) is 58.2 Å². The number of nitrogens with zero attached hydrogens (tertiary/aromatic N) is 1. The molecule has 2 rings (SSSR count). The molecular weight excluding hydrogens is 232 g/mol. The van der Waals surface area contributed by atoms with E-state index in [2.05, 4.69) is 61.3 Å². The van der Waals surface area contributed by atoms with E-state index in [1.165, 1.54) is 31.4 Å². The van der Waals surface area contributed by atoms with E-state index >= 15 is 0 Å². The Kier molecular flexibility index (Phi) is 5.41. The molecule has 1 fully saturated rings. The minimum absolute atomic E-state index is 0.524. The third-order valence-corrected chi connectivity index (χ3v) is 4.20. The van der Waals surface area contributed by atoms with Crippen LogP contribution in [0.25, 0.3) is 0 Å². The molecule has 1 heterocycles. The van der Waals surface area contributed by atoms with Crippen LogP contribution >= 0.6 is 0 Å². The van der Waals surface area contributed by atoms with Gasteiger partial charge < -0.3 is 5.32 Å². The highest BCUT2D eigenvalue weighted by Crippen LogP contribution is 2.30. The smallest absolute Gasteiger partial charge is 0.0475 e. The van der Waals surface area contributed by atoms with Crippen LogP contribution in [0.1, 0.15) is 51.6 Å². The molecule has 19 heavy (non-hydrogen) atoms. The summed E-state index contributed by atoms with van der Waals surface area (Å²) in [4.78, 5) is 2.71. The molecule has 1 aliphatic rings. The van der Waals surface area contributed by atoms with Gasteiger partial charge in [-0.05, 0) is 31.4 Å². The van der Waals surface area contributed by atoms with Gasteiger partial charge in [-0.15, -0.1) is 0 Å². The lowest BCUT2D eigenvalue weighted by Crippen LogP contribution is -2.40. The van der Waals surface area contributed by atoms with Gasteiger partial charge in [0.1, 0.15) is 0 Å². The zero-order valence-electron chi connectivity index (χ0n) is 12.6. The summed E-state index contributed by atoms with van der Waals surface area (Å²) < 4.78 is 0. The van der Waals surface area contributed by atoms with Crippen molar-refractivity contribution in [2.75, 3.05) is 13.1 Å². The molecule has 106 valence electrons. The van der Waals surface area contributed by atoms with E-state index in [1.807, 2.05) is 0 Å². The Balaban J connectivity index is 2.14. The summed E-state index contributed by atoms with van der Waals surface area (Å²) in [5.41, 5.74) is 1.45. The number of nitrogens with one attached hydrogen (secondary N) is 1. The van der Waals surface area contributed by atoms with Gasteiger partial charge >= 0.3 is 0 Å². The van der Waals surface area contributed by atoms with Crippen molar-refractivity contribution < 1.29 is 0 Å². The fraction of sp³-hybridized carbons (Fsp3) is 0.647. The quantitative estimate of drug-likeness (QED) is 0.840. The Hall–Kier alpha value is -0.860. The number of likely N-dealkylation sites (tertiary alicyclic amines) is 1. The number of benzene rings is 1. The van der Waals surface area contributed by atoms with Crippen LogP contribution in [0.4, 0.5) is 0 Å². The lowest BCUT2D eigenvalue weighted by atomic mass is 10.0. The van der Waals surface area contributed by atoms with E-state index in [0.717, 1.165) is 12.6 Å². The molecule has 0 amide bonds. The van der Waals surface area contributed by atoms with Crippen molar-refractivity contribution in [1.82, 2.24) is 10.2 Å². The zero-order chi connectivity index (χ0) is 13.7. The van der Waals surface area contributed by atoms with Crippen molar-refractivity contribution in [3.8, 4) is 0 Å². The molecule has 1 saturated heterocycles. The minimum Gasteiger partial charge on any atom is -0.313 e. The largest absolute Gasteiger partial charge is 0.313 e. The van der Waals surface area contributed by atoms with E-state index in [9.17, 15) is 0 Å². The van der Waals surface area contributed by atoms with Gasteiger partial charge in [-0.2, -0.15) is 0 Å². The first-order chi connectivity index (χ1) is 9.22. The van der Waals surface area contributed by atoms with E-state index in [-0.39, 0.29) is 0 Å². The summed E-state index contributed by atoms with van der Waals surface area (Å²) in [7, 11) is 0. The molecule has 1 N–H and O–H groups in total. The predicted molar refractivity (Wildman–Crippen MR) is 82.3 cm³/mol. The van der Waals surface area contributed by atoms with Crippen LogP contribution in [0.3, 0.4) is 0 Å². The topological polar surface area (TPSA) is 15.3 Å². The molecule has 0 saturated carbocycles. The highest BCUT2D eigenvalue weighted by atomic mass is 15.2. The fourth-order valence-electron chi connectivity index (χ4n) is 3.16. The average Bonchev–Trinajstić information content (AvgIpc) is 2.88. The van der Waals surface area contributed by atoms with Crippen LogP contribution in [-0.4, -0.2) is 30.1 Å². The number of rotatable bonds is 6. The molecule has 2 heteroatoms. The molecule has 1 aromatic rings. The first-order valence-corrected chi connectivity index (χ1v) is 7.76. The third kappa shape index (κ3) is 3.80. The molecule has 0 spiro atoms. The summed E-state index contributed by atoms with van der Waals surface area (Å²) in [5, 5.41) is 3.62. The van der Waals surface area contributed by atoms with Gasteiger partial charge in [0.05, 0.1) is 0 Å². The van der Waals surface area contributed by atoms with Gasteiger partial charge in [-0.3, -0.25) is 4.90 Å². The van der Waals surface area contributed by atoms with E-state index in [1.54, 1.807) is 0 Å². The van der Waals surface area contributed by atoms with Crippen LogP contribution in [0.2, 0.25) is 0 Å². The lowest BCUT2D eigenvalue weighted by molar-refractivity contribution is 0.170. The lowest BCUT2D eigenvalue weighted by Gasteiger charge is -2.34. The summed E-state index contributed by atoms with van der Waals surface area (Å²) in [5.74, 6) is 0. The van der Waals surface area contributed by atoms with Crippen molar-refractivity contribution in [3.05, 3.63) is 35.9 Å². The highest BCUT2D eigenvalue weighted by molar-refractivity contribution is 5.20.